The van der Waals surface area contributed by atoms with Crippen molar-refractivity contribution >= 4 is 137 Å². The Hall–Kier alpha value is -5.73. The van der Waals surface area contributed by atoms with Crippen LogP contribution in [0.15, 0.2) is 264 Å². The first kappa shape index (κ1) is 75.7. The number of hydrogen-bond donors (Lipinski definition) is 3. The molecular weight excluding hydrogens is 1560 g/mol. The number of aliphatic hydroxyl groups is 1. The number of ketones is 1. The molecule has 89 heavy (non-hydrogen) atoms. The minimum absolute atomic E-state index is 0. The summed E-state index contributed by atoms with van der Waals surface area (Å²) >= 11 is 19.5. The fourth-order valence-electron chi connectivity index (χ4n) is 7.85. The number of alkyl halides is 2. The van der Waals surface area contributed by atoms with E-state index in [0.29, 0.717) is 78.6 Å². The van der Waals surface area contributed by atoms with E-state index in [9.17, 15) is 14.3 Å². The van der Waals surface area contributed by atoms with E-state index in [1.54, 1.807) is 128 Å². The van der Waals surface area contributed by atoms with Gasteiger partial charge in [-0.25, -0.2) is 48.7 Å². The van der Waals surface area contributed by atoms with Gasteiger partial charge in [-0.1, -0.05) is 140 Å². The Morgan fingerprint density at radius 1 is 0.371 bits per heavy atom. The zero-order valence-corrected chi connectivity index (χ0v) is 59.7. The normalized spacial score (nSPS) is 10.6. The number of carbonyl (C=O) groups is 1. The van der Waals surface area contributed by atoms with Crippen molar-refractivity contribution in [3.05, 3.63) is 317 Å². The minimum atomic E-state index is -1.80. The van der Waals surface area contributed by atoms with Crippen LogP contribution < -0.4 is 17.9 Å². The average molecular weight is 1610 g/mol. The summed E-state index contributed by atoms with van der Waals surface area (Å²) < 4.78 is 34.4. The molecule has 8 heterocycles. The second-order valence-corrected chi connectivity index (χ2v) is 23.7. The summed E-state index contributed by atoms with van der Waals surface area (Å²) in [7, 11) is -1.34. The third-order valence-electron chi connectivity index (χ3n) is 12.4. The summed E-state index contributed by atoms with van der Waals surface area (Å²) in [5.41, 5.74) is 2.43. The van der Waals surface area contributed by atoms with Crippen LogP contribution in [-0.2, 0) is 16.9 Å². The van der Waals surface area contributed by atoms with Crippen LogP contribution >= 0.6 is 95.6 Å². The minimum Gasteiger partial charge on any atom is -1.00 e. The van der Waals surface area contributed by atoms with Gasteiger partial charge >= 0.3 is 30.2 Å². The maximum atomic E-state index is 15.8. The van der Waals surface area contributed by atoms with E-state index in [-0.39, 0.29) is 48.7 Å². The third kappa shape index (κ3) is 22.3. The predicted molar refractivity (Wildman–Crippen MR) is 367 cm³/mol. The van der Waals surface area contributed by atoms with Crippen LogP contribution in [-0.4, -0.2) is 91.0 Å². The molecule has 8 aromatic heterocycles. The number of pyridine rings is 8. The zero-order valence-electron chi connectivity index (χ0n) is 48.0. The Morgan fingerprint density at radius 2 is 0.629 bits per heavy atom. The van der Waals surface area contributed by atoms with Crippen molar-refractivity contribution in [2.45, 2.75) is 37.7 Å². The van der Waals surface area contributed by atoms with Gasteiger partial charge in [-0.2, -0.15) is 0 Å². The summed E-state index contributed by atoms with van der Waals surface area (Å²) in [6, 6.07) is 70.6. The quantitative estimate of drug-likeness (QED) is 0.0483. The number of nitrogens with zero attached hydrogens (tertiary/aromatic N) is 8. The standard InChI is InChI=1S/C24H19FN2.C12H9Br2FN2.C12H10Br2N2O.C11H6Br2N2O.C6H7BO2.CH3.ClH.Mg/c1-24(25,22-16-8-14-20(26-22)18-10-4-2-5-11-18)23-17-9-15-21(27-23)19-12-6-3-7-13-19;1-12(15,8-4-2-6-10(13)16-8)9-5-3-7-11(14)17-9;1-12(17,8-4-2-6-10(13)15-8)9-5-3-7-11(14)16-9;12-9-5-1-3-7(14-9)11(16)8-4-2-6-10(13)15-8;8-7(9)6-4-2-1-3-5-6;;;/h2-17H,1H3;2-7H,1H3;2-7,17H,1H3;1-6H;1-5,8-9H;1H3;1H;/q;;;;;-1;;+2/p-1. The Balaban J connectivity index is 0.000000245. The molecule has 12 nitrogen and oxygen atoms in total. The first-order chi connectivity index (χ1) is 41.1. The average Bonchev–Trinajstić information content (AvgIpc) is 2.99. The van der Waals surface area contributed by atoms with E-state index < -0.39 is 24.1 Å². The molecule has 0 aliphatic carbocycles. The summed E-state index contributed by atoms with van der Waals surface area (Å²) in [4.78, 5) is 46.1. The molecule has 0 radical (unpaired) electrons. The SMILES string of the molecule is CC(F)(c1cccc(-c2ccccc2)n1)c1cccc(-c2ccccc2)n1.CC(F)(c1cccc(Br)n1)c1cccc(Br)n1.CC(O)(c1cccc(Br)n1)c1cccc(Br)n1.O=C(c1cccc(Br)n1)c1cccc(Br)n1.OB(O)c1ccccc1.[CH3-].[Cl-].[Mg+2]. The van der Waals surface area contributed by atoms with Gasteiger partial charge in [0.1, 0.15) is 44.6 Å². The van der Waals surface area contributed by atoms with Crippen molar-refractivity contribution in [1.82, 2.24) is 39.9 Å². The van der Waals surface area contributed by atoms with Gasteiger partial charge in [0, 0.05) is 11.1 Å². The molecule has 0 atom stereocenters. The van der Waals surface area contributed by atoms with Crippen LogP contribution in [0.25, 0.3) is 22.5 Å². The topological polar surface area (TPSA) is 181 Å². The smallest absolute Gasteiger partial charge is 1.00 e. The van der Waals surface area contributed by atoms with Crippen molar-refractivity contribution in [2.24, 2.45) is 0 Å². The maximum Gasteiger partial charge on any atom is 2.00 e. The van der Waals surface area contributed by atoms with Crippen LogP contribution in [0.3, 0.4) is 0 Å². The first-order valence-electron chi connectivity index (χ1n) is 26.0. The summed E-state index contributed by atoms with van der Waals surface area (Å²) in [5, 5.41) is 27.7. The summed E-state index contributed by atoms with van der Waals surface area (Å²) in [6.45, 7) is 4.65. The molecule has 11 aromatic rings. The van der Waals surface area contributed by atoms with E-state index in [4.69, 9.17) is 10.0 Å². The van der Waals surface area contributed by atoms with Gasteiger partial charge in [0.25, 0.3) is 0 Å². The van der Waals surface area contributed by atoms with Gasteiger partial charge in [-0.3, -0.25) is 4.79 Å². The molecule has 11 rings (SSSR count). The number of aromatic nitrogens is 8. The number of halogens is 9. The third-order valence-corrected chi connectivity index (χ3v) is 15.1. The van der Waals surface area contributed by atoms with Gasteiger partial charge in [-0.15, -0.1) is 0 Å². The molecule has 0 saturated carbocycles. The molecule has 3 aromatic carbocycles. The van der Waals surface area contributed by atoms with E-state index in [2.05, 4.69) is 135 Å². The van der Waals surface area contributed by atoms with Crippen LogP contribution in [0.5, 0.6) is 0 Å². The molecule has 3 N–H and O–H groups in total. The fraction of sp³-hybridized carbons (Fsp3) is 0.0909. The van der Waals surface area contributed by atoms with Crippen LogP contribution in [0.4, 0.5) is 8.78 Å². The van der Waals surface area contributed by atoms with Crippen molar-refractivity contribution in [1.29, 1.82) is 0 Å². The molecule has 23 heteroatoms. The molecule has 0 saturated heterocycles. The molecular formula is C66H54BBr6ClF2MgN8O4. The Labute approximate surface area is 589 Å². The molecule has 0 aliphatic rings. The first-order valence-corrected chi connectivity index (χ1v) is 30.8. The maximum absolute atomic E-state index is 15.8. The van der Waals surface area contributed by atoms with E-state index in [0.717, 1.165) is 22.5 Å². The molecule has 0 spiro atoms. The van der Waals surface area contributed by atoms with Crippen LogP contribution in [0.2, 0.25) is 0 Å². The molecule has 0 aliphatic heterocycles. The van der Waals surface area contributed by atoms with Crippen molar-refractivity contribution < 1.29 is 41.1 Å². The van der Waals surface area contributed by atoms with Crippen molar-refractivity contribution in [2.75, 3.05) is 0 Å². The van der Waals surface area contributed by atoms with Gasteiger partial charge < -0.3 is 35.0 Å². The van der Waals surface area contributed by atoms with Crippen LogP contribution in [0, 0.1) is 7.43 Å². The monoisotopic (exact) mass is 1600 g/mol. The summed E-state index contributed by atoms with van der Waals surface area (Å²) in [6.07, 6.45) is 0. The van der Waals surface area contributed by atoms with E-state index in [1.807, 2.05) is 115 Å². The van der Waals surface area contributed by atoms with Gasteiger partial charge in [0.2, 0.25) is 5.78 Å². The van der Waals surface area contributed by atoms with Crippen LogP contribution in [0.1, 0.15) is 71.1 Å². The van der Waals surface area contributed by atoms with E-state index in [1.165, 1.54) is 13.8 Å². The molecule has 0 amide bonds. The predicted octanol–water partition coefficient (Wildman–Crippen LogP) is 13.2. The summed E-state index contributed by atoms with van der Waals surface area (Å²) in [5.74, 6) is -0.192. The van der Waals surface area contributed by atoms with Crippen molar-refractivity contribution in [3.63, 3.8) is 0 Å². The molecule has 0 bridgehead atoms. The van der Waals surface area contributed by atoms with Gasteiger partial charge in [0.05, 0.1) is 45.6 Å². The number of hydrogen-bond acceptors (Lipinski definition) is 12. The van der Waals surface area contributed by atoms with Crippen molar-refractivity contribution in [3.8, 4) is 22.5 Å². The Morgan fingerprint density at radius 3 is 0.921 bits per heavy atom. The second kappa shape index (κ2) is 36.3. The van der Waals surface area contributed by atoms with Gasteiger partial charge in [0.15, 0.2) is 11.3 Å². The van der Waals surface area contributed by atoms with E-state index >= 15 is 4.39 Å². The van der Waals surface area contributed by atoms with Gasteiger partial charge in [-0.05, 0) is 219 Å². The molecule has 450 valence electrons. The largest absolute Gasteiger partial charge is 2.00 e. The Bertz CT molecular complexity index is 3690. The number of rotatable bonds is 11. The molecule has 0 unspecified atom stereocenters. The number of benzene rings is 3. The fourth-order valence-corrected chi connectivity index (χ4v) is 9.91. The number of carbonyl (C=O) groups excluding carboxylic acids is 1. The second-order valence-electron chi connectivity index (χ2n) is 18.8. The molecule has 0 fully saturated rings. The Kier molecular flexibility index (Phi) is 30.9. The zero-order chi connectivity index (χ0) is 61.9.